The zero-order chi connectivity index (χ0) is 23.7. The molecule has 0 saturated heterocycles. The van der Waals surface area contributed by atoms with Crippen LogP contribution in [-0.4, -0.2) is 49.4 Å². The predicted octanol–water partition coefficient (Wildman–Crippen LogP) is 1.31. The van der Waals surface area contributed by atoms with Crippen molar-refractivity contribution in [3.8, 4) is 0 Å². The SMILES string of the molecule is C=C(C)C(=O)OCCCCNC(=O)C(C(=O)Nc1ccc2c(c1)CC(=O)N2)C(=O)OCC. The maximum absolute atomic E-state index is 12.7. The fraction of sp³-hybridized carbons (Fsp3) is 0.409. The molecule has 0 radical (unpaired) electrons. The van der Waals surface area contributed by atoms with E-state index < -0.39 is 29.7 Å². The Labute approximate surface area is 185 Å². The molecule has 0 bridgehead atoms. The van der Waals surface area contributed by atoms with E-state index in [1.807, 2.05) is 0 Å². The minimum atomic E-state index is -1.69. The molecule has 3 amide bonds. The van der Waals surface area contributed by atoms with Crippen LogP contribution in [0.5, 0.6) is 0 Å². The van der Waals surface area contributed by atoms with E-state index >= 15 is 0 Å². The zero-order valence-electron chi connectivity index (χ0n) is 18.1. The number of carbonyl (C=O) groups excluding carboxylic acids is 5. The van der Waals surface area contributed by atoms with Gasteiger partial charge >= 0.3 is 11.9 Å². The van der Waals surface area contributed by atoms with Crippen molar-refractivity contribution in [1.82, 2.24) is 5.32 Å². The molecule has 0 aliphatic carbocycles. The molecule has 0 spiro atoms. The van der Waals surface area contributed by atoms with Gasteiger partial charge in [0.25, 0.3) is 0 Å². The van der Waals surface area contributed by atoms with Crippen LogP contribution in [0.15, 0.2) is 30.4 Å². The molecular weight excluding hydrogens is 418 g/mol. The Hall–Kier alpha value is -3.69. The molecule has 10 heteroatoms. The lowest BCUT2D eigenvalue weighted by Gasteiger charge is -2.16. The Balaban J connectivity index is 1.91. The molecule has 1 atom stereocenters. The normalized spacial score (nSPS) is 12.8. The number of unbranched alkanes of at least 4 members (excludes halogenated alkanes) is 1. The van der Waals surface area contributed by atoms with Gasteiger partial charge in [-0.25, -0.2) is 4.79 Å². The van der Waals surface area contributed by atoms with Crippen LogP contribution in [-0.2, 0) is 39.9 Å². The number of anilines is 2. The van der Waals surface area contributed by atoms with Gasteiger partial charge in [0, 0.05) is 23.5 Å². The van der Waals surface area contributed by atoms with Crippen molar-refractivity contribution in [2.75, 3.05) is 30.4 Å². The van der Waals surface area contributed by atoms with E-state index in [1.54, 1.807) is 32.0 Å². The van der Waals surface area contributed by atoms with Gasteiger partial charge in [0.1, 0.15) is 0 Å². The second-order valence-corrected chi connectivity index (χ2v) is 7.19. The van der Waals surface area contributed by atoms with E-state index in [9.17, 15) is 24.0 Å². The second kappa shape index (κ2) is 11.6. The van der Waals surface area contributed by atoms with Crippen LogP contribution in [0.3, 0.4) is 0 Å². The molecule has 1 unspecified atom stereocenters. The van der Waals surface area contributed by atoms with Gasteiger partial charge in [0.2, 0.25) is 23.6 Å². The molecule has 10 nitrogen and oxygen atoms in total. The molecule has 32 heavy (non-hydrogen) atoms. The van der Waals surface area contributed by atoms with Crippen molar-refractivity contribution in [3.63, 3.8) is 0 Å². The van der Waals surface area contributed by atoms with Crippen molar-refractivity contribution in [2.24, 2.45) is 5.92 Å². The summed E-state index contributed by atoms with van der Waals surface area (Å²) in [5.41, 5.74) is 2.01. The molecule has 2 rings (SSSR count). The fourth-order valence-electron chi connectivity index (χ4n) is 2.91. The summed E-state index contributed by atoms with van der Waals surface area (Å²) < 4.78 is 9.84. The summed E-state index contributed by atoms with van der Waals surface area (Å²) in [7, 11) is 0. The van der Waals surface area contributed by atoms with E-state index in [0.29, 0.717) is 35.4 Å². The van der Waals surface area contributed by atoms with Gasteiger partial charge in [-0.05, 0) is 50.5 Å². The Morgan fingerprint density at radius 1 is 1.16 bits per heavy atom. The number of benzene rings is 1. The van der Waals surface area contributed by atoms with Crippen LogP contribution in [0, 0.1) is 5.92 Å². The number of nitrogens with one attached hydrogen (secondary N) is 3. The summed E-state index contributed by atoms with van der Waals surface area (Å²) in [6.07, 6.45) is 1.14. The molecule has 3 N–H and O–H groups in total. The third-order valence-electron chi connectivity index (χ3n) is 4.50. The minimum Gasteiger partial charge on any atom is -0.465 e. The van der Waals surface area contributed by atoms with Crippen LogP contribution in [0.25, 0.3) is 0 Å². The second-order valence-electron chi connectivity index (χ2n) is 7.19. The van der Waals surface area contributed by atoms with Crippen molar-refractivity contribution < 1.29 is 33.4 Å². The molecule has 1 aliphatic heterocycles. The quantitative estimate of drug-likeness (QED) is 0.202. The molecule has 0 saturated carbocycles. The predicted molar refractivity (Wildman–Crippen MR) is 116 cm³/mol. The molecule has 1 aliphatic rings. The molecule has 1 heterocycles. The summed E-state index contributed by atoms with van der Waals surface area (Å²) in [4.78, 5) is 60.3. The topological polar surface area (TPSA) is 140 Å². The van der Waals surface area contributed by atoms with E-state index in [-0.39, 0.29) is 32.1 Å². The maximum atomic E-state index is 12.7. The molecular formula is C22H27N3O7. The number of carbonyl (C=O) groups is 5. The van der Waals surface area contributed by atoms with Crippen LogP contribution in [0.2, 0.25) is 0 Å². The lowest BCUT2D eigenvalue weighted by atomic mass is 10.1. The number of rotatable bonds is 11. The summed E-state index contributed by atoms with van der Waals surface area (Å²) in [6, 6.07) is 4.81. The number of esters is 2. The summed E-state index contributed by atoms with van der Waals surface area (Å²) >= 11 is 0. The van der Waals surface area contributed by atoms with Crippen LogP contribution < -0.4 is 16.0 Å². The van der Waals surface area contributed by atoms with Crippen molar-refractivity contribution >= 4 is 41.0 Å². The third-order valence-corrected chi connectivity index (χ3v) is 4.50. The van der Waals surface area contributed by atoms with Gasteiger partial charge in [-0.3, -0.25) is 19.2 Å². The number of hydrogen-bond acceptors (Lipinski definition) is 7. The first-order chi connectivity index (χ1) is 15.2. The highest BCUT2D eigenvalue weighted by Crippen LogP contribution is 2.26. The Morgan fingerprint density at radius 2 is 1.91 bits per heavy atom. The van der Waals surface area contributed by atoms with Gasteiger partial charge in [-0.1, -0.05) is 6.58 Å². The van der Waals surface area contributed by atoms with E-state index in [1.165, 1.54) is 0 Å². The van der Waals surface area contributed by atoms with Crippen LogP contribution in [0.4, 0.5) is 11.4 Å². The van der Waals surface area contributed by atoms with Crippen LogP contribution in [0.1, 0.15) is 32.3 Å². The molecule has 1 aromatic carbocycles. The Morgan fingerprint density at radius 3 is 2.59 bits per heavy atom. The number of hydrogen-bond donors (Lipinski definition) is 3. The highest BCUT2D eigenvalue weighted by Gasteiger charge is 2.35. The highest BCUT2D eigenvalue weighted by atomic mass is 16.5. The minimum absolute atomic E-state index is 0.0105. The largest absolute Gasteiger partial charge is 0.465 e. The Kier molecular flexibility index (Phi) is 8.94. The summed E-state index contributed by atoms with van der Waals surface area (Å²) in [5.74, 6) is -4.92. The standard InChI is InChI=1S/C22H27N3O7/c1-4-31-22(30)18(19(27)23-9-5-6-10-32-21(29)13(2)3)20(28)24-15-7-8-16-14(11-15)12-17(26)25-16/h7-8,11,18H,2,4-6,9-10,12H2,1,3H3,(H,23,27)(H,24,28)(H,25,26). The third kappa shape index (κ3) is 6.93. The maximum Gasteiger partial charge on any atom is 0.333 e. The first-order valence-corrected chi connectivity index (χ1v) is 10.2. The monoisotopic (exact) mass is 445 g/mol. The lowest BCUT2D eigenvalue weighted by molar-refractivity contribution is -0.155. The molecule has 0 fully saturated rings. The molecule has 0 aromatic heterocycles. The number of fused-ring (bicyclic) bond motifs is 1. The average molecular weight is 445 g/mol. The van der Waals surface area contributed by atoms with Gasteiger partial charge < -0.3 is 25.4 Å². The number of amides is 3. The van der Waals surface area contributed by atoms with Gasteiger partial charge in [-0.15, -0.1) is 0 Å². The fourth-order valence-corrected chi connectivity index (χ4v) is 2.91. The zero-order valence-corrected chi connectivity index (χ0v) is 18.1. The summed E-state index contributed by atoms with van der Waals surface area (Å²) in [5, 5.41) is 7.75. The van der Waals surface area contributed by atoms with Crippen molar-refractivity contribution in [3.05, 3.63) is 35.9 Å². The van der Waals surface area contributed by atoms with E-state index in [4.69, 9.17) is 9.47 Å². The van der Waals surface area contributed by atoms with Crippen molar-refractivity contribution in [1.29, 1.82) is 0 Å². The highest BCUT2D eigenvalue weighted by molar-refractivity contribution is 6.19. The molecule has 172 valence electrons. The van der Waals surface area contributed by atoms with Crippen molar-refractivity contribution in [2.45, 2.75) is 33.1 Å². The first-order valence-electron chi connectivity index (χ1n) is 10.2. The van der Waals surface area contributed by atoms with E-state index in [0.717, 1.165) is 0 Å². The smallest absolute Gasteiger partial charge is 0.333 e. The lowest BCUT2D eigenvalue weighted by Crippen LogP contribution is -2.44. The Bertz CT molecular complexity index is 926. The average Bonchev–Trinajstić information content (AvgIpc) is 3.09. The van der Waals surface area contributed by atoms with E-state index in [2.05, 4.69) is 22.5 Å². The van der Waals surface area contributed by atoms with Crippen LogP contribution >= 0.6 is 0 Å². The first kappa shape index (κ1) is 24.6. The summed E-state index contributed by atoms with van der Waals surface area (Å²) in [6.45, 7) is 6.95. The van der Waals surface area contributed by atoms with Gasteiger partial charge in [-0.2, -0.15) is 0 Å². The van der Waals surface area contributed by atoms with Gasteiger partial charge in [0.15, 0.2) is 0 Å². The number of ether oxygens (including phenoxy) is 2. The van der Waals surface area contributed by atoms with Gasteiger partial charge in [0.05, 0.1) is 19.6 Å². The molecule has 1 aromatic rings.